The molecule has 0 saturated heterocycles. The van der Waals surface area contributed by atoms with Gasteiger partial charge in [0.25, 0.3) is 5.95 Å². The first-order chi connectivity index (χ1) is 9.78. The molecule has 2 aromatic heterocycles. The fourth-order valence-electron chi connectivity index (χ4n) is 2.21. The Bertz CT molecular complexity index is 586. The number of nitrogens with one attached hydrogen (secondary N) is 1. The maximum absolute atomic E-state index is 4.56. The van der Waals surface area contributed by atoms with Crippen LogP contribution in [0, 0.1) is 6.92 Å². The largest absolute Gasteiger partial charge is 0.313 e. The van der Waals surface area contributed by atoms with E-state index in [9.17, 15) is 0 Å². The average Bonchev–Trinajstić information content (AvgIpc) is 3.18. The molecule has 2 heterocycles. The van der Waals surface area contributed by atoms with E-state index < -0.39 is 0 Å². The van der Waals surface area contributed by atoms with Gasteiger partial charge in [-0.1, -0.05) is 6.92 Å². The fraction of sp³-hybridized carbons (Fsp3) is 0.533. The highest BCUT2D eigenvalue weighted by atomic mass is 15.3. The Morgan fingerprint density at radius 1 is 1.40 bits per heavy atom. The standard InChI is InChI=1S/C15H21N5/c1-3-7-16-9-13-10-17-15(18-11(13)2)20-8-6-14(19-20)12-4-5-12/h6,8,10,12,16H,3-5,7,9H2,1-2H3. The Kier molecular flexibility index (Phi) is 3.78. The number of nitrogens with zero attached hydrogens (tertiary/aromatic N) is 4. The molecule has 1 fully saturated rings. The highest BCUT2D eigenvalue weighted by molar-refractivity contribution is 5.23. The maximum atomic E-state index is 4.56. The molecule has 0 aromatic carbocycles. The van der Waals surface area contributed by atoms with E-state index in [4.69, 9.17) is 0 Å². The summed E-state index contributed by atoms with van der Waals surface area (Å²) in [7, 11) is 0. The lowest BCUT2D eigenvalue weighted by Gasteiger charge is -2.07. The Morgan fingerprint density at radius 2 is 2.25 bits per heavy atom. The van der Waals surface area contributed by atoms with Crippen LogP contribution in [0.15, 0.2) is 18.5 Å². The van der Waals surface area contributed by atoms with Gasteiger partial charge in [-0.15, -0.1) is 0 Å². The molecule has 5 nitrogen and oxygen atoms in total. The predicted octanol–water partition coefficient (Wildman–Crippen LogP) is 2.35. The van der Waals surface area contributed by atoms with E-state index in [1.807, 2.05) is 19.3 Å². The van der Waals surface area contributed by atoms with Crippen LogP contribution in [0.5, 0.6) is 0 Å². The normalized spacial score (nSPS) is 14.7. The topological polar surface area (TPSA) is 55.6 Å². The number of rotatable bonds is 6. The Morgan fingerprint density at radius 3 is 2.95 bits per heavy atom. The Balaban J connectivity index is 1.74. The van der Waals surface area contributed by atoms with Crippen molar-refractivity contribution in [3.8, 4) is 5.95 Å². The minimum atomic E-state index is 0.661. The van der Waals surface area contributed by atoms with Crippen LogP contribution >= 0.6 is 0 Å². The second kappa shape index (κ2) is 5.71. The van der Waals surface area contributed by atoms with Gasteiger partial charge < -0.3 is 5.32 Å². The summed E-state index contributed by atoms with van der Waals surface area (Å²) in [6, 6.07) is 2.08. The van der Waals surface area contributed by atoms with Crippen molar-refractivity contribution >= 4 is 0 Å². The minimum Gasteiger partial charge on any atom is -0.313 e. The van der Waals surface area contributed by atoms with Crippen LogP contribution in [0.4, 0.5) is 0 Å². The summed E-state index contributed by atoms with van der Waals surface area (Å²) in [6.45, 7) is 6.03. The molecule has 0 atom stereocenters. The first-order valence-electron chi connectivity index (χ1n) is 7.37. The number of aromatic nitrogens is 4. The van der Waals surface area contributed by atoms with Crippen molar-refractivity contribution in [2.24, 2.45) is 0 Å². The van der Waals surface area contributed by atoms with Gasteiger partial charge in [0.1, 0.15) is 0 Å². The third-order valence-electron chi connectivity index (χ3n) is 3.62. The van der Waals surface area contributed by atoms with Gasteiger partial charge in [0.2, 0.25) is 0 Å². The molecule has 3 rings (SSSR count). The van der Waals surface area contributed by atoms with Crippen LogP contribution in [0.3, 0.4) is 0 Å². The first-order valence-corrected chi connectivity index (χ1v) is 7.37. The number of aryl methyl sites for hydroxylation is 1. The lowest BCUT2D eigenvalue weighted by Crippen LogP contribution is -2.16. The van der Waals surface area contributed by atoms with Crippen LogP contribution in [0.2, 0.25) is 0 Å². The molecule has 0 bridgehead atoms. The second-order valence-electron chi connectivity index (χ2n) is 5.42. The average molecular weight is 271 g/mol. The second-order valence-corrected chi connectivity index (χ2v) is 5.42. The van der Waals surface area contributed by atoms with Gasteiger partial charge in [-0.05, 0) is 38.8 Å². The molecular weight excluding hydrogens is 250 g/mol. The van der Waals surface area contributed by atoms with Crippen molar-refractivity contribution in [1.29, 1.82) is 0 Å². The van der Waals surface area contributed by atoms with Crippen molar-refractivity contribution in [3.63, 3.8) is 0 Å². The van der Waals surface area contributed by atoms with Gasteiger partial charge in [-0.25, -0.2) is 14.6 Å². The highest BCUT2D eigenvalue weighted by Crippen LogP contribution is 2.38. The molecule has 20 heavy (non-hydrogen) atoms. The Labute approximate surface area is 119 Å². The van der Waals surface area contributed by atoms with Crippen LogP contribution < -0.4 is 5.32 Å². The molecule has 1 N–H and O–H groups in total. The molecule has 106 valence electrons. The molecule has 0 spiro atoms. The molecule has 1 saturated carbocycles. The van der Waals surface area contributed by atoms with E-state index in [0.29, 0.717) is 11.9 Å². The van der Waals surface area contributed by atoms with Gasteiger partial charge >= 0.3 is 0 Å². The monoisotopic (exact) mass is 271 g/mol. The summed E-state index contributed by atoms with van der Waals surface area (Å²) < 4.78 is 1.78. The quantitative estimate of drug-likeness (QED) is 0.819. The maximum Gasteiger partial charge on any atom is 0.250 e. The van der Waals surface area contributed by atoms with Crippen molar-refractivity contribution in [3.05, 3.63) is 35.4 Å². The fourth-order valence-corrected chi connectivity index (χ4v) is 2.21. The number of hydrogen-bond acceptors (Lipinski definition) is 4. The molecule has 1 aliphatic rings. The molecule has 2 aromatic rings. The Hall–Kier alpha value is -1.75. The van der Waals surface area contributed by atoms with Crippen molar-refractivity contribution in [1.82, 2.24) is 25.1 Å². The van der Waals surface area contributed by atoms with E-state index in [1.165, 1.54) is 18.5 Å². The molecule has 0 unspecified atom stereocenters. The minimum absolute atomic E-state index is 0.661. The molecule has 0 aliphatic heterocycles. The van der Waals surface area contributed by atoms with Crippen molar-refractivity contribution < 1.29 is 0 Å². The van der Waals surface area contributed by atoms with Crippen molar-refractivity contribution in [2.45, 2.75) is 45.6 Å². The third-order valence-corrected chi connectivity index (χ3v) is 3.62. The molecule has 0 radical (unpaired) electrons. The summed E-state index contributed by atoms with van der Waals surface area (Å²) in [4.78, 5) is 9.00. The summed E-state index contributed by atoms with van der Waals surface area (Å²) in [5.41, 5.74) is 3.33. The SMILES string of the molecule is CCCNCc1cnc(-n2ccc(C3CC3)n2)nc1C. The van der Waals surface area contributed by atoms with Crippen LogP contribution in [-0.4, -0.2) is 26.3 Å². The van der Waals surface area contributed by atoms with Crippen LogP contribution in [0.1, 0.15) is 49.1 Å². The van der Waals surface area contributed by atoms with Gasteiger partial charge in [-0.2, -0.15) is 5.10 Å². The van der Waals surface area contributed by atoms with Gasteiger partial charge in [0, 0.05) is 36.1 Å². The van der Waals surface area contributed by atoms with Gasteiger partial charge in [0.05, 0.1) is 5.69 Å². The third kappa shape index (κ3) is 2.88. The summed E-state index contributed by atoms with van der Waals surface area (Å²) in [6.07, 6.45) is 7.52. The van der Waals surface area contributed by atoms with E-state index in [2.05, 4.69) is 33.4 Å². The zero-order valence-corrected chi connectivity index (χ0v) is 12.1. The lowest BCUT2D eigenvalue weighted by molar-refractivity contribution is 0.665. The van der Waals surface area contributed by atoms with E-state index in [1.54, 1.807) is 4.68 Å². The van der Waals surface area contributed by atoms with Crippen LogP contribution in [-0.2, 0) is 6.54 Å². The highest BCUT2D eigenvalue weighted by Gasteiger charge is 2.26. The smallest absolute Gasteiger partial charge is 0.250 e. The molecule has 1 aliphatic carbocycles. The van der Waals surface area contributed by atoms with E-state index in [0.717, 1.165) is 30.8 Å². The van der Waals surface area contributed by atoms with Crippen LogP contribution in [0.25, 0.3) is 5.95 Å². The summed E-state index contributed by atoms with van der Waals surface area (Å²) in [5.74, 6) is 1.32. The van der Waals surface area contributed by atoms with E-state index in [-0.39, 0.29) is 0 Å². The summed E-state index contributed by atoms with van der Waals surface area (Å²) in [5, 5.41) is 7.94. The number of hydrogen-bond donors (Lipinski definition) is 1. The van der Waals surface area contributed by atoms with E-state index >= 15 is 0 Å². The van der Waals surface area contributed by atoms with Crippen molar-refractivity contribution in [2.75, 3.05) is 6.54 Å². The van der Waals surface area contributed by atoms with Gasteiger partial charge in [0.15, 0.2) is 0 Å². The first kappa shape index (κ1) is 13.2. The molecule has 5 heteroatoms. The zero-order valence-electron chi connectivity index (χ0n) is 12.1. The predicted molar refractivity (Wildman–Crippen MR) is 77.9 cm³/mol. The zero-order chi connectivity index (χ0) is 13.9. The molecular formula is C15H21N5. The van der Waals surface area contributed by atoms with Gasteiger partial charge in [-0.3, -0.25) is 0 Å². The summed E-state index contributed by atoms with van der Waals surface area (Å²) >= 11 is 0. The lowest BCUT2D eigenvalue weighted by atomic mass is 10.2. The molecule has 0 amide bonds.